The number of hydrogen-bond donors (Lipinski definition) is 3. The third-order valence-corrected chi connectivity index (χ3v) is 16.7. The van der Waals surface area contributed by atoms with Crippen LogP contribution in [0.3, 0.4) is 0 Å². The van der Waals surface area contributed by atoms with Gasteiger partial charge in [-0.3, -0.25) is 9.59 Å². The van der Waals surface area contributed by atoms with Crippen LogP contribution >= 0.6 is 15.9 Å². The summed E-state index contributed by atoms with van der Waals surface area (Å²) in [6, 6.07) is 25.1. The van der Waals surface area contributed by atoms with Crippen LogP contribution in [0.4, 0.5) is 22.3 Å². The molecule has 6 rings (SSSR count). The van der Waals surface area contributed by atoms with Gasteiger partial charge < -0.3 is 20.5 Å². The molecule has 2 fully saturated rings. The number of sulfonamides is 2. The van der Waals surface area contributed by atoms with Crippen molar-refractivity contribution in [1.29, 1.82) is 0 Å². The smallest absolute Gasteiger partial charge is 0.258 e. The Kier molecular flexibility index (Phi) is 22.0. The predicted molar refractivity (Wildman–Crippen MR) is 265 cm³/mol. The summed E-state index contributed by atoms with van der Waals surface area (Å²) in [6.07, 6.45) is 2.96. The SMILES string of the molecule is C.CCCS(=O)(=O)N1CCC(c2ccccc2)([C@H](C)NC(=O)c2c(O)cccc2F)CC1.F[18F].[2H]C([2H])([18F])Oc1cccc(F)c1C(=O)N[C@@H](C)C1(c2ccccc2)CCN(S(=O)(=O)CCC)CC1.[2H]C([2H])Br. The first kappa shape index (κ1) is 53.7. The molecule has 2 aliphatic heterocycles. The van der Waals surface area contributed by atoms with E-state index in [-0.39, 0.29) is 37.6 Å². The maximum absolute atomic E-state index is 14.6. The maximum Gasteiger partial charge on any atom is 0.258 e. The summed E-state index contributed by atoms with van der Waals surface area (Å²) in [7, 11) is -6.68. The summed E-state index contributed by atoms with van der Waals surface area (Å²) < 4.78 is 142. The number of nitrogens with zero attached hydrogens (tertiary/aromatic N) is 2. The second-order valence-corrected chi connectivity index (χ2v) is 20.5. The van der Waals surface area contributed by atoms with Gasteiger partial charge in [0.05, 0.1) is 11.5 Å². The van der Waals surface area contributed by atoms with Gasteiger partial charge in [-0.15, -0.1) is 0 Å². The Morgan fingerprint density at radius 3 is 1.43 bits per heavy atom. The molecule has 69 heavy (non-hydrogen) atoms. The summed E-state index contributed by atoms with van der Waals surface area (Å²) >= 11 is 2.60. The number of halogens is 6. The van der Waals surface area contributed by atoms with Crippen molar-refractivity contribution in [2.45, 2.75) is 96.6 Å². The molecule has 0 spiro atoms. The zero-order chi connectivity index (χ0) is 54.1. The number of rotatable bonds is 16. The van der Waals surface area contributed by atoms with Gasteiger partial charge in [0.25, 0.3) is 11.8 Å². The van der Waals surface area contributed by atoms with Gasteiger partial charge in [-0.25, -0.2) is 38.6 Å². The fourth-order valence-corrected chi connectivity index (χ4v) is 12.0. The van der Waals surface area contributed by atoms with Crippen molar-refractivity contribution >= 4 is 47.8 Å². The second kappa shape index (κ2) is 28.3. The van der Waals surface area contributed by atoms with E-state index >= 15 is 0 Å². The van der Waals surface area contributed by atoms with E-state index in [2.05, 4.69) is 31.3 Å². The molecule has 4 aromatic carbocycles. The molecular formula is C49H66BrF5N4O8S2. The average Bonchev–Trinajstić information content (AvgIpc) is 3.32. The molecule has 4 aromatic rings. The zero-order valence-corrected chi connectivity index (χ0v) is 41.5. The summed E-state index contributed by atoms with van der Waals surface area (Å²) in [6.45, 7) is 4.90. The number of nitrogens with one attached hydrogen (secondary N) is 2. The standard InChI is InChI=1S/C24H30F2N2O4S.C23H29FN2O4S.CH3Br.CH4.F2/c1-3-16-33(30,31)28-14-12-24(13-15-28,19-8-5-4-6-9-19)18(2)27-23(29)22-20(26)10-7-11-21(22)32-17-25;1-3-16-31(29,30)26-14-12-23(13-15-26,18-8-5-4-6-9-18)17(2)25-22(28)21-19(24)10-7-11-20(21)27;1-2;;1-2/h4-11,18H,3,12-17H2,1-2H3,(H,27,29);4-11,17,27H,3,12-16H2,1-2H3,(H,25,28);1H3;1H4;/t18-;17-;;;/m00.../s1/i17D2,25-1;;1D2;;1-1. The summed E-state index contributed by atoms with van der Waals surface area (Å²) in [4.78, 5) is 25.9. The maximum atomic E-state index is 14.6. The lowest BCUT2D eigenvalue weighted by Crippen LogP contribution is -2.55. The molecule has 20 heteroatoms. The first-order valence-corrected chi connectivity index (χ1v) is 25.9. The highest BCUT2D eigenvalue weighted by Crippen LogP contribution is 2.41. The van der Waals surface area contributed by atoms with Crippen LogP contribution in [-0.4, -0.2) is 105 Å². The molecule has 12 nitrogen and oxygen atoms in total. The van der Waals surface area contributed by atoms with Gasteiger partial charge in [-0.2, -0.15) is 0 Å². The number of aromatic hydroxyl groups is 1. The predicted octanol–water partition coefficient (Wildman–Crippen LogP) is 9.93. The minimum Gasteiger partial charge on any atom is -0.507 e. The molecule has 0 aromatic heterocycles. The van der Waals surface area contributed by atoms with Crippen molar-refractivity contribution < 1.29 is 64.1 Å². The fourth-order valence-electron chi connectivity index (χ4n) is 8.99. The lowest BCUT2D eigenvalue weighted by Gasteiger charge is -2.45. The molecular weight excluding hydrogens is 1010 g/mol. The number of benzene rings is 4. The molecule has 0 unspecified atom stereocenters. The number of carbonyl (C=O) groups excluding carboxylic acids is 2. The van der Waals surface area contributed by atoms with Crippen LogP contribution in [0.1, 0.15) is 111 Å². The monoisotopic (exact) mass is 1080 g/mol. The van der Waals surface area contributed by atoms with Gasteiger partial charge in [-0.1, -0.05) is 110 Å². The first-order chi connectivity index (χ1) is 33.8. The minimum atomic E-state index is -3.60. The van der Waals surface area contributed by atoms with Crippen molar-refractivity contribution in [3.05, 3.63) is 131 Å². The van der Waals surface area contributed by atoms with E-state index in [0.717, 1.165) is 29.3 Å². The van der Waals surface area contributed by atoms with Crippen molar-refractivity contribution in [2.24, 2.45) is 0 Å². The number of phenolic OH excluding ortho intramolecular Hbond substituents is 1. The Labute approximate surface area is 418 Å². The minimum absolute atomic E-state index is 0. The van der Waals surface area contributed by atoms with E-state index < -0.39 is 96.1 Å². The van der Waals surface area contributed by atoms with E-state index in [4.69, 9.17) is 14.6 Å². The van der Waals surface area contributed by atoms with Crippen LogP contribution in [0.5, 0.6) is 11.5 Å². The quantitative estimate of drug-likeness (QED) is 0.0738. The number of amides is 2. The number of alkyl halides is 2. The van der Waals surface area contributed by atoms with Crippen LogP contribution in [0, 0.1) is 11.6 Å². The normalized spacial score (nSPS) is 17.6. The molecule has 2 aliphatic rings. The average molecular weight is 1080 g/mol. The van der Waals surface area contributed by atoms with Gasteiger partial charge in [0.1, 0.15) is 37.0 Å². The van der Waals surface area contributed by atoms with Crippen molar-refractivity contribution in [2.75, 3.05) is 50.3 Å². The Balaban J connectivity index is 0.000000448. The Bertz CT molecular complexity index is 2560. The van der Waals surface area contributed by atoms with Crippen molar-refractivity contribution in [1.82, 2.24) is 19.2 Å². The molecule has 2 saturated heterocycles. The van der Waals surface area contributed by atoms with E-state index in [1.165, 1.54) is 26.8 Å². The van der Waals surface area contributed by atoms with Gasteiger partial charge in [0, 0.05) is 61.0 Å². The van der Waals surface area contributed by atoms with Gasteiger partial charge >= 0.3 is 0 Å². The molecule has 3 N–H and O–H groups in total. The molecule has 2 atom stereocenters. The number of piperidine rings is 2. The molecule has 0 bridgehead atoms. The second-order valence-electron chi connectivity index (χ2n) is 16.3. The Morgan fingerprint density at radius 1 is 0.710 bits per heavy atom. The zero-order valence-electron chi connectivity index (χ0n) is 42.2. The number of carbonyl (C=O) groups is 2. The first-order valence-electron chi connectivity index (χ1n) is 23.9. The van der Waals surface area contributed by atoms with E-state index in [1.807, 2.05) is 81.4 Å². The van der Waals surface area contributed by atoms with Gasteiger partial charge in [0.15, 0.2) is 0 Å². The molecule has 2 amide bonds. The molecule has 0 aliphatic carbocycles. The topological polar surface area (TPSA) is 162 Å². The third kappa shape index (κ3) is 14.9. The number of hydrogen-bond acceptors (Lipinski definition) is 8. The lowest BCUT2D eigenvalue weighted by atomic mass is 9.68. The van der Waals surface area contributed by atoms with Crippen LogP contribution in [0.2, 0.25) is 0 Å². The largest absolute Gasteiger partial charge is 0.507 e. The third-order valence-electron chi connectivity index (χ3n) is 12.6. The summed E-state index contributed by atoms with van der Waals surface area (Å²) in [5.74, 6) is -5.00. The van der Waals surface area contributed by atoms with Gasteiger partial charge in [-0.05, 0) is 93.5 Å². The highest BCUT2D eigenvalue weighted by Gasteiger charge is 2.45. The molecule has 0 radical (unpaired) electrons. The van der Waals surface area contributed by atoms with Crippen molar-refractivity contribution in [3.8, 4) is 11.5 Å². The highest BCUT2D eigenvalue weighted by atomic mass is 79.9. The van der Waals surface area contributed by atoms with E-state index in [1.54, 1.807) is 6.92 Å². The highest BCUT2D eigenvalue weighted by molar-refractivity contribution is 9.08. The fraction of sp³-hybridized carbons (Fsp3) is 0.469. The van der Waals surface area contributed by atoms with E-state index in [9.17, 15) is 44.7 Å². The molecule has 0 saturated carbocycles. The number of ether oxygens (including phenoxy) is 1. The molecule has 384 valence electrons. The summed E-state index contributed by atoms with van der Waals surface area (Å²) in [5, 5.41) is 15.6. The Morgan fingerprint density at radius 2 is 1.07 bits per heavy atom. The Hall–Kier alpha value is -4.63. The van der Waals surface area contributed by atoms with Crippen LogP contribution in [0.25, 0.3) is 0 Å². The molecule has 2 heterocycles. The summed E-state index contributed by atoms with van der Waals surface area (Å²) in [5.41, 5.74) is -0.252. The van der Waals surface area contributed by atoms with Crippen LogP contribution < -0.4 is 15.4 Å². The van der Waals surface area contributed by atoms with Crippen LogP contribution in [0.15, 0.2) is 97.1 Å². The van der Waals surface area contributed by atoms with Crippen molar-refractivity contribution in [3.63, 3.8) is 0 Å². The van der Waals surface area contributed by atoms with E-state index in [0.29, 0.717) is 51.6 Å². The van der Waals surface area contributed by atoms with Crippen LogP contribution in [-0.2, 0) is 30.9 Å². The number of phenols is 1. The van der Waals surface area contributed by atoms with Gasteiger partial charge in [0.2, 0.25) is 26.9 Å². The lowest BCUT2D eigenvalue weighted by molar-refractivity contribution is 0.0877.